The first-order valence-electron chi connectivity index (χ1n) is 4.93. The zero-order chi connectivity index (χ0) is 10.8. The largest absolute Gasteiger partial charge is 0.488 e. The lowest BCUT2D eigenvalue weighted by molar-refractivity contribution is 0.129. The van der Waals surface area contributed by atoms with E-state index >= 15 is 0 Å². The van der Waals surface area contributed by atoms with E-state index in [2.05, 4.69) is 0 Å². The van der Waals surface area contributed by atoms with Crippen LogP contribution in [0.5, 0.6) is 5.75 Å². The Morgan fingerprint density at radius 3 is 2.29 bits per heavy atom. The van der Waals surface area contributed by atoms with Crippen LogP contribution in [0.25, 0.3) is 0 Å². The minimum atomic E-state index is -0.176. The van der Waals surface area contributed by atoms with Gasteiger partial charge in [0.15, 0.2) is 0 Å². The van der Waals surface area contributed by atoms with Crippen LogP contribution in [0, 0.1) is 0 Å². The van der Waals surface area contributed by atoms with Gasteiger partial charge >= 0.3 is 0 Å². The van der Waals surface area contributed by atoms with E-state index in [-0.39, 0.29) is 11.6 Å². The van der Waals surface area contributed by atoms with Gasteiger partial charge < -0.3 is 10.5 Å². The van der Waals surface area contributed by atoms with Crippen LogP contribution >= 0.6 is 0 Å². The van der Waals surface area contributed by atoms with E-state index in [9.17, 15) is 0 Å². The van der Waals surface area contributed by atoms with Crippen molar-refractivity contribution in [1.82, 2.24) is 0 Å². The van der Waals surface area contributed by atoms with Crippen molar-refractivity contribution in [3.05, 3.63) is 29.8 Å². The average Bonchev–Trinajstić information content (AvgIpc) is 2.01. The number of para-hydroxylation sites is 1. The van der Waals surface area contributed by atoms with E-state index in [1.54, 1.807) is 0 Å². The molecule has 0 saturated heterocycles. The average molecular weight is 193 g/mol. The Bertz CT molecular complexity index is 299. The highest BCUT2D eigenvalue weighted by molar-refractivity contribution is 5.35. The molecule has 2 heteroatoms. The molecule has 2 nitrogen and oxygen atoms in total. The number of benzene rings is 1. The van der Waals surface area contributed by atoms with Crippen LogP contribution in [0.3, 0.4) is 0 Å². The number of hydrogen-bond acceptors (Lipinski definition) is 2. The summed E-state index contributed by atoms with van der Waals surface area (Å²) >= 11 is 0. The van der Waals surface area contributed by atoms with E-state index in [0.717, 1.165) is 11.3 Å². The van der Waals surface area contributed by atoms with Crippen LogP contribution in [0.4, 0.5) is 0 Å². The predicted molar refractivity (Wildman–Crippen MR) is 59.4 cm³/mol. The highest BCUT2D eigenvalue weighted by Gasteiger charge is 2.15. The second-order valence-electron chi connectivity index (χ2n) is 4.54. The van der Waals surface area contributed by atoms with Gasteiger partial charge in [0.2, 0.25) is 0 Å². The van der Waals surface area contributed by atoms with Crippen molar-refractivity contribution in [2.45, 2.75) is 39.3 Å². The fourth-order valence-electron chi connectivity index (χ4n) is 1.28. The van der Waals surface area contributed by atoms with Crippen molar-refractivity contribution < 1.29 is 4.74 Å². The SMILES string of the molecule is CC(N)c1ccccc1OC(C)(C)C. The van der Waals surface area contributed by atoms with Crippen molar-refractivity contribution in [2.24, 2.45) is 5.73 Å². The van der Waals surface area contributed by atoms with Crippen molar-refractivity contribution in [2.75, 3.05) is 0 Å². The third-order valence-electron chi connectivity index (χ3n) is 1.83. The summed E-state index contributed by atoms with van der Waals surface area (Å²) in [5, 5.41) is 0. The Kier molecular flexibility index (Phi) is 3.17. The summed E-state index contributed by atoms with van der Waals surface area (Å²) < 4.78 is 5.81. The molecule has 0 aromatic heterocycles. The molecule has 0 spiro atoms. The summed E-state index contributed by atoms with van der Waals surface area (Å²) in [5.41, 5.74) is 6.74. The van der Waals surface area contributed by atoms with Gasteiger partial charge in [0, 0.05) is 11.6 Å². The fourth-order valence-corrected chi connectivity index (χ4v) is 1.28. The molecule has 14 heavy (non-hydrogen) atoms. The van der Waals surface area contributed by atoms with Gasteiger partial charge in [0.25, 0.3) is 0 Å². The van der Waals surface area contributed by atoms with Crippen LogP contribution < -0.4 is 10.5 Å². The molecule has 1 aromatic rings. The van der Waals surface area contributed by atoms with Crippen LogP contribution in [0.2, 0.25) is 0 Å². The summed E-state index contributed by atoms with van der Waals surface area (Å²) in [6, 6.07) is 7.92. The standard InChI is InChI=1S/C12H19NO/c1-9(13)10-7-5-6-8-11(10)14-12(2,3)4/h5-9H,13H2,1-4H3. The van der Waals surface area contributed by atoms with E-state index in [4.69, 9.17) is 10.5 Å². The summed E-state index contributed by atoms with van der Waals surface area (Å²) in [7, 11) is 0. The Morgan fingerprint density at radius 1 is 1.21 bits per heavy atom. The fraction of sp³-hybridized carbons (Fsp3) is 0.500. The molecule has 0 aliphatic rings. The van der Waals surface area contributed by atoms with Gasteiger partial charge in [-0.05, 0) is 33.8 Å². The van der Waals surface area contributed by atoms with E-state index in [0.29, 0.717) is 0 Å². The quantitative estimate of drug-likeness (QED) is 0.783. The Balaban J connectivity index is 2.96. The molecule has 0 heterocycles. The number of ether oxygens (including phenoxy) is 1. The van der Waals surface area contributed by atoms with Gasteiger partial charge in [0.05, 0.1) is 0 Å². The lowest BCUT2D eigenvalue weighted by Crippen LogP contribution is -2.24. The van der Waals surface area contributed by atoms with Gasteiger partial charge in [-0.25, -0.2) is 0 Å². The molecule has 0 saturated carbocycles. The zero-order valence-electron chi connectivity index (χ0n) is 9.37. The second-order valence-corrected chi connectivity index (χ2v) is 4.54. The molecular formula is C12H19NO. The first kappa shape index (κ1) is 11.1. The van der Waals surface area contributed by atoms with Gasteiger partial charge in [0.1, 0.15) is 11.4 Å². The van der Waals surface area contributed by atoms with Crippen molar-refractivity contribution in [1.29, 1.82) is 0 Å². The monoisotopic (exact) mass is 193 g/mol. The summed E-state index contributed by atoms with van der Waals surface area (Å²) in [4.78, 5) is 0. The minimum absolute atomic E-state index is 0.00792. The van der Waals surface area contributed by atoms with Crippen molar-refractivity contribution in [3.63, 3.8) is 0 Å². The van der Waals surface area contributed by atoms with E-state index in [1.165, 1.54) is 0 Å². The highest BCUT2D eigenvalue weighted by Crippen LogP contribution is 2.26. The molecule has 2 N–H and O–H groups in total. The molecule has 0 fully saturated rings. The highest BCUT2D eigenvalue weighted by atomic mass is 16.5. The Hall–Kier alpha value is -1.02. The summed E-state index contributed by atoms with van der Waals surface area (Å²) in [6.45, 7) is 8.06. The maximum atomic E-state index is 5.85. The van der Waals surface area contributed by atoms with Crippen LogP contribution in [0.15, 0.2) is 24.3 Å². The van der Waals surface area contributed by atoms with Crippen molar-refractivity contribution in [3.8, 4) is 5.75 Å². The smallest absolute Gasteiger partial charge is 0.124 e. The molecule has 0 radical (unpaired) electrons. The zero-order valence-corrected chi connectivity index (χ0v) is 9.37. The maximum absolute atomic E-state index is 5.85. The molecule has 1 unspecified atom stereocenters. The summed E-state index contributed by atoms with van der Waals surface area (Å²) in [6.07, 6.45) is 0. The van der Waals surface area contributed by atoms with Crippen LogP contribution in [0.1, 0.15) is 39.3 Å². The van der Waals surface area contributed by atoms with Crippen molar-refractivity contribution >= 4 is 0 Å². The van der Waals surface area contributed by atoms with Crippen LogP contribution in [-0.4, -0.2) is 5.60 Å². The first-order chi connectivity index (χ1) is 6.40. The minimum Gasteiger partial charge on any atom is -0.488 e. The molecular weight excluding hydrogens is 174 g/mol. The maximum Gasteiger partial charge on any atom is 0.124 e. The topological polar surface area (TPSA) is 35.2 Å². The molecule has 0 aliphatic heterocycles. The third-order valence-corrected chi connectivity index (χ3v) is 1.83. The van der Waals surface area contributed by atoms with Gasteiger partial charge in [-0.3, -0.25) is 0 Å². The molecule has 0 amide bonds. The van der Waals surface area contributed by atoms with Gasteiger partial charge in [-0.15, -0.1) is 0 Å². The van der Waals surface area contributed by atoms with E-state index < -0.39 is 0 Å². The number of nitrogens with two attached hydrogens (primary N) is 1. The molecule has 1 aromatic carbocycles. The Morgan fingerprint density at radius 2 is 1.79 bits per heavy atom. The van der Waals surface area contributed by atoms with Gasteiger partial charge in [-0.1, -0.05) is 18.2 Å². The summed E-state index contributed by atoms with van der Waals surface area (Å²) in [5.74, 6) is 0.884. The molecule has 1 atom stereocenters. The first-order valence-corrected chi connectivity index (χ1v) is 4.93. The van der Waals surface area contributed by atoms with E-state index in [1.807, 2.05) is 52.0 Å². The molecule has 0 aliphatic carbocycles. The number of hydrogen-bond donors (Lipinski definition) is 1. The molecule has 78 valence electrons. The van der Waals surface area contributed by atoms with Crippen LogP contribution in [-0.2, 0) is 0 Å². The Labute approximate surface area is 86.1 Å². The lowest BCUT2D eigenvalue weighted by atomic mass is 10.1. The second kappa shape index (κ2) is 4.01. The third kappa shape index (κ3) is 3.04. The molecule has 1 rings (SSSR count). The predicted octanol–water partition coefficient (Wildman–Crippen LogP) is 2.88. The number of rotatable bonds is 2. The molecule has 0 bridgehead atoms. The normalized spacial score (nSPS) is 13.8. The van der Waals surface area contributed by atoms with Gasteiger partial charge in [-0.2, -0.15) is 0 Å². The lowest BCUT2D eigenvalue weighted by Gasteiger charge is -2.24.